The van der Waals surface area contributed by atoms with E-state index in [4.69, 9.17) is 0 Å². The molecule has 0 spiro atoms. The van der Waals surface area contributed by atoms with Crippen LogP contribution in [0.25, 0.3) is 10.9 Å². The van der Waals surface area contributed by atoms with Gasteiger partial charge in [-0.15, -0.1) is 0 Å². The van der Waals surface area contributed by atoms with E-state index >= 15 is 0 Å². The first kappa shape index (κ1) is 17.0. The zero-order chi connectivity index (χ0) is 18.8. The summed E-state index contributed by atoms with van der Waals surface area (Å²) in [5.74, 6) is -1.08. The van der Waals surface area contributed by atoms with Crippen LogP contribution in [0.4, 0.5) is 0 Å². The Kier molecular flexibility index (Phi) is 4.46. The summed E-state index contributed by atoms with van der Waals surface area (Å²) >= 11 is 0. The zero-order valence-corrected chi connectivity index (χ0v) is 14.7. The van der Waals surface area contributed by atoms with E-state index in [1.165, 1.54) is 4.90 Å². The number of fused-ring (bicyclic) bond motifs is 1. The second-order valence-electron chi connectivity index (χ2n) is 6.56. The van der Waals surface area contributed by atoms with Gasteiger partial charge in [0.25, 0.3) is 11.8 Å². The summed E-state index contributed by atoms with van der Waals surface area (Å²) < 4.78 is 0. The van der Waals surface area contributed by atoms with Crippen LogP contribution in [0.2, 0.25) is 0 Å². The minimum atomic E-state index is -0.517. The number of aromatic nitrogens is 1. The van der Waals surface area contributed by atoms with E-state index in [0.29, 0.717) is 37.3 Å². The molecular weight excluding hydrogens is 342 g/mol. The Labute approximate surface area is 156 Å². The summed E-state index contributed by atoms with van der Waals surface area (Å²) in [6.07, 6.45) is 1.80. The first-order valence-electron chi connectivity index (χ1n) is 8.88. The van der Waals surface area contributed by atoms with Crippen molar-refractivity contribution < 1.29 is 14.4 Å². The first-order chi connectivity index (χ1) is 13.1. The number of benzene rings is 2. The highest BCUT2D eigenvalue weighted by Crippen LogP contribution is 2.16. The molecule has 3 aromatic rings. The van der Waals surface area contributed by atoms with Crippen LogP contribution in [0.1, 0.15) is 20.7 Å². The number of hydrogen-bond acceptors (Lipinski definition) is 3. The highest BCUT2D eigenvalue weighted by molar-refractivity contribution is 6.43. The second kappa shape index (κ2) is 7.07. The molecule has 0 radical (unpaired) electrons. The molecule has 0 unspecified atom stereocenters. The van der Waals surface area contributed by atoms with Crippen LogP contribution in [0.15, 0.2) is 60.8 Å². The molecule has 2 aromatic carbocycles. The number of Topliss-reactive ketones (excluding diaryl/α,β-unsaturated/α-hetero) is 1. The van der Waals surface area contributed by atoms with E-state index in [1.54, 1.807) is 41.4 Å². The summed E-state index contributed by atoms with van der Waals surface area (Å²) in [5.41, 5.74) is 1.94. The number of carbonyl (C=O) groups is 3. The van der Waals surface area contributed by atoms with Crippen LogP contribution < -0.4 is 0 Å². The molecule has 0 atom stereocenters. The van der Waals surface area contributed by atoms with Gasteiger partial charge in [0.05, 0.1) is 0 Å². The molecule has 136 valence electrons. The molecule has 0 bridgehead atoms. The molecular formula is C21H19N3O3. The van der Waals surface area contributed by atoms with Crippen LogP contribution >= 0.6 is 0 Å². The standard InChI is InChI=1S/C21H19N3O3/c25-19(17-6-7-18-16(14-17)8-9-22-18)21(27)24-12-10-23(11-13-24)20(26)15-4-2-1-3-5-15/h1-9,14,22H,10-13H2. The summed E-state index contributed by atoms with van der Waals surface area (Å²) in [4.78, 5) is 43.9. The number of piperazine rings is 1. The van der Waals surface area contributed by atoms with Crippen molar-refractivity contribution >= 4 is 28.5 Å². The SMILES string of the molecule is O=C(C(=O)N1CCN(C(=O)c2ccccc2)CC1)c1ccc2[nH]ccc2c1. The third kappa shape index (κ3) is 3.33. The fraction of sp³-hybridized carbons (Fsp3) is 0.190. The number of ketones is 1. The molecule has 6 heteroatoms. The number of nitrogens with one attached hydrogen (secondary N) is 1. The maximum atomic E-state index is 12.6. The Morgan fingerprint density at radius 1 is 0.778 bits per heavy atom. The molecule has 1 saturated heterocycles. The van der Waals surface area contributed by atoms with Gasteiger partial charge in [-0.3, -0.25) is 14.4 Å². The molecule has 1 aromatic heterocycles. The Morgan fingerprint density at radius 3 is 2.22 bits per heavy atom. The van der Waals surface area contributed by atoms with Crippen molar-refractivity contribution in [1.82, 2.24) is 14.8 Å². The first-order valence-corrected chi connectivity index (χ1v) is 8.88. The summed E-state index contributed by atoms with van der Waals surface area (Å²) in [5, 5.41) is 0.895. The summed E-state index contributed by atoms with van der Waals surface area (Å²) in [6.45, 7) is 1.55. The van der Waals surface area contributed by atoms with Crippen molar-refractivity contribution in [2.24, 2.45) is 0 Å². The van der Waals surface area contributed by atoms with Crippen LogP contribution in [0.5, 0.6) is 0 Å². The Balaban J connectivity index is 1.40. The summed E-state index contributed by atoms with van der Waals surface area (Å²) in [6, 6.07) is 16.1. The number of aromatic amines is 1. The monoisotopic (exact) mass is 361 g/mol. The molecule has 2 heterocycles. The van der Waals surface area contributed by atoms with Crippen molar-refractivity contribution in [3.63, 3.8) is 0 Å². The molecule has 0 aliphatic carbocycles. The van der Waals surface area contributed by atoms with E-state index in [1.807, 2.05) is 24.3 Å². The Morgan fingerprint density at radius 2 is 1.48 bits per heavy atom. The van der Waals surface area contributed by atoms with Gasteiger partial charge in [0, 0.05) is 54.4 Å². The lowest BCUT2D eigenvalue weighted by Crippen LogP contribution is -2.52. The minimum Gasteiger partial charge on any atom is -0.361 e. The van der Waals surface area contributed by atoms with E-state index < -0.39 is 11.7 Å². The van der Waals surface area contributed by atoms with Gasteiger partial charge in [-0.1, -0.05) is 18.2 Å². The largest absolute Gasteiger partial charge is 0.361 e. The lowest BCUT2D eigenvalue weighted by atomic mass is 10.1. The van der Waals surface area contributed by atoms with Gasteiger partial charge in [0.15, 0.2) is 0 Å². The average molecular weight is 361 g/mol. The van der Waals surface area contributed by atoms with Crippen molar-refractivity contribution in [2.75, 3.05) is 26.2 Å². The van der Waals surface area contributed by atoms with E-state index in [0.717, 1.165) is 10.9 Å². The quantitative estimate of drug-likeness (QED) is 0.575. The van der Waals surface area contributed by atoms with Crippen molar-refractivity contribution in [3.8, 4) is 0 Å². The minimum absolute atomic E-state index is 0.0491. The van der Waals surface area contributed by atoms with Gasteiger partial charge in [0.1, 0.15) is 0 Å². The lowest BCUT2D eigenvalue weighted by Gasteiger charge is -2.34. The topological polar surface area (TPSA) is 73.5 Å². The summed E-state index contributed by atoms with van der Waals surface area (Å²) in [7, 11) is 0. The molecule has 6 nitrogen and oxygen atoms in total. The molecule has 27 heavy (non-hydrogen) atoms. The number of carbonyl (C=O) groups excluding carboxylic acids is 3. The molecule has 4 rings (SSSR count). The maximum Gasteiger partial charge on any atom is 0.295 e. The lowest BCUT2D eigenvalue weighted by molar-refractivity contribution is -0.127. The van der Waals surface area contributed by atoms with Gasteiger partial charge >= 0.3 is 0 Å². The van der Waals surface area contributed by atoms with Gasteiger partial charge in [0.2, 0.25) is 5.78 Å². The average Bonchev–Trinajstić information content (AvgIpc) is 3.21. The van der Waals surface area contributed by atoms with Crippen molar-refractivity contribution in [2.45, 2.75) is 0 Å². The van der Waals surface area contributed by atoms with Gasteiger partial charge in [-0.2, -0.15) is 0 Å². The normalized spacial score (nSPS) is 14.4. The van der Waals surface area contributed by atoms with Crippen LogP contribution in [-0.2, 0) is 4.79 Å². The van der Waals surface area contributed by atoms with E-state index in [2.05, 4.69) is 4.98 Å². The van der Waals surface area contributed by atoms with Crippen molar-refractivity contribution in [3.05, 3.63) is 71.9 Å². The number of nitrogens with zero attached hydrogens (tertiary/aromatic N) is 2. The highest BCUT2D eigenvalue weighted by Gasteiger charge is 2.28. The highest BCUT2D eigenvalue weighted by atomic mass is 16.2. The molecule has 0 saturated carbocycles. The molecule has 2 amide bonds. The molecule has 1 aliphatic heterocycles. The third-order valence-electron chi connectivity index (χ3n) is 4.88. The number of amides is 2. The van der Waals surface area contributed by atoms with Gasteiger partial charge in [-0.25, -0.2) is 0 Å². The van der Waals surface area contributed by atoms with Crippen LogP contribution in [-0.4, -0.2) is 58.6 Å². The van der Waals surface area contributed by atoms with E-state index in [9.17, 15) is 14.4 Å². The maximum absolute atomic E-state index is 12.6. The Bertz CT molecular complexity index is 1000. The van der Waals surface area contributed by atoms with E-state index in [-0.39, 0.29) is 5.91 Å². The molecule has 1 fully saturated rings. The number of hydrogen-bond donors (Lipinski definition) is 1. The van der Waals surface area contributed by atoms with Gasteiger partial charge < -0.3 is 14.8 Å². The smallest absolute Gasteiger partial charge is 0.295 e. The number of rotatable bonds is 3. The van der Waals surface area contributed by atoms with Gasteiger partial charge in [-0.05, 0) is 36.4 Å². The fourth-order valence-corrected chi connectivity index (χ4v) is 3.34. The predicted molar refractivity (Wildman–Crippen MR) is 102 cm³/mol. The molecule has 1 N–H and O–H groups in total. The number of H-pyrrole nitrogens is 1. The van der Waals surface area contributed by atoms with Crippen molar-refractivity contribution in [1.29, 1.82) is 0 Å². The second-order valence-corrected chi connectivity index (χ2v) is 6.56. The molecule has 1 aliphatic rings. The Hall–Kier alpha value is -3.41. The predicted octanol–water partition coefficient (Wildman–Crippen LogP) is 2.34. The zero-order valence-electron chi connectivity index (χ0n) is 14.7. The van der Waals surface area contributed by atoms with Crippen LogP contribution in [0, 0.1) is 0 Å². The fourth-order valence-electron chi connectivity index (χ4n) is 3.34. The third-order valence-corrected chi connectivity index (χ3v) is 4.88. The van der Waals surface area contributed by atoms with Crippen LogP contribution in [0.3, 0.4) is 0 Å².